The summed E-state index contributed by atoms with van der Waals surface area (Å²) in [6.07, 6.45) is 0. The smallest absolute Gasteiger partial charge is 0.313 e. The van der Waals surface area contributed by atoms with Crippen molar-refractivity contribution < 1.29 is 14.4 Å². The van der Waals surface area contributed by atoms with Gasteiger partial charge in [0.2, 0.25) is 5.91 Å². The average Bonchev–Trinajstić information content (AvgIpc) is 2.54. The number of carbonyl (C=O) groups is 3. The summed E-state index contributed by atoms with van der Waals surface area (Å²) in [4.78, 5) is 34.6. The molecule has 2 aromatic rings. The Morgan fingerprint density at radius 1 is 0.875 bits per heavy atom. The van der Waals surface area contributed by atoms with Crippen LogP contribution in [0.2, 0.25) is 0 Å². The van der Waals surface area contributed by atoms with E-state index in [1.807, 2.05) is 31.2 Å². The summed E-state index contributed by atoms with van der Waals surface area (Å²) >= 11 is 0. The Bertz CT molecular complexity index is 754. The lowest BCUT2D eigenvalue weighted by Gasteiger charge is -2.08. The Kier molecular flexibility index (Phi) is 5.68. The number of hydrogen-bond acceptors (Lipinski definition) is 3. The Hall–Kier alpha value is -3.15. The number of anilines is 2. The summed E-state index contributed by atoms with van der Waals surface area (Å²) in [5, 5.41) is 7.70. The van der Waals surface area contributed by atoms with Crippen LogP contribution in [0, 0.1) is 6.92 Å². The van der Waals surface area contributed by atoms with Gasteiger partial charge in [0.1, 0.15) is 0 Å². The molecule has 0 heterocycles. The molecule has 0 aliphatic carbocycles. The first-order chi connectivity index (χ1) is 11.4. The zero-order valence-corrected chi connectivity index (χ0v) is 13.6. The predicted octanol–water partition coefficient (Wildman–Crippen LogP) is 2.21. The zero-order valence-electron chi connectivity index (χ0n) is 13.6. The van der Waals surface area contributed by atoms with Crippen LogP contribution in [-0.2, 0) is 20.9 Å². The van der Waals surface area contributed by atoms with Crippen molar-refractivity contribution in [2.45, 2.75) is 20.4 Å². The van der Waals surface area contributed by atoms with Gasteiger partial charge in [-0.25, -0.2) is 0 Å². The number of benzene rings is 2. The number of aryl methyl sites for hydroxylation is 1. The van der Waals surface area contributed by atoms with Crippen molar-refractivity contribution in [2.24, 2.45) is 0 Å². The molecule has 0 fully saturated rings. The van der Waals surface area contributed by atoms with Crippen molar-refractivity contribution in [1.82, 2.24) is 5.32 Å². The maximum atomic E-state index is 11.9. The van der Waals surface area contributed by atoms with Crippen molar-refractivity contribution in [3.63, 3.8) is 0 Å². The van der Waals surface area contributed by atoms with Gasteiger partial charge in [-0.1, -0.05) is 29.8 Å². The summed E-state index contributed by atoms with van der Waals surface area (Å²) in [5.74, 6) is -1.63. The number of nitrogens with one attached hydrogen (secondary N) is 3. The van der Waals surface area contributed by atoms with Gasteiger partial charge in [0.15, 0.2) is 0 Å². The van der Waals surface area contributed by atoms with E-state index < -0.39 is 11.8 Å². The SMILES string of the molecule is CC(=O)Nc1ccc(NC(=O)C(=O)NCc2cccc(C)c2)cc1. The summed E-state index contributed by atoms with van der Waals surface area (Å²) < 4.78 is 0. The molecule has 3 amide bonds. The van der Waals surface area contributed by atoms with Crippen LogP contribution in [0.4, 0.5) is 11.4 Å². The molecule has 0 aliphatic rings. The first-order valence-corrected chi connectivity index (χ1v) is 7.46. The fraction of sp³-hybridized carbons (Fsp3) is 0.167. The first kappa shape index (κ1) is 17.2. The highest BCUT2D eigenvalue weighted by atomic mass is 16.2. The topological polar surface area (TPSA) is 87.3 Å². The van der Waals surface area contributed by atoms with Gasteiger partial charge in [0.25, 0.3) is 0 Å². The quantitative estimate of drug-likeness (QED) is 0.753. The fourth-order valence-corrected chi connectivity index (χ4v) is 2.11. The molecular weight excluding hydrogens is 306 g/mol. The lowest BCUT2D eigenvalue weighted by atomic mass is 10.1. The van der Waals surface area contributed by atoms with Crippen molar-refractivity contribution in [2.75, 3.05) is 10.6 Å². The van der Waals surface area contributed by atoms with Gasteiger partial charge >= 0.3 is 11.8 Å². The monoisotopic (exact) mass is 325 g/mol. The van der Waals surface area contributed by atoms with Crippen LogP contribution in [0.5, 0.6) is 0 Å². The minimum absolute atomic E-state index is 0.178. The molecule has 0 unspecified atom stereocenters. The highest BCUT2D eigenvalue weighted by molar-refractivity contribution is 6.39. The van der Waals surface area contributed by atoms with Crippen LogP contribution in [0.25, 0.3) is 0 Å². The summed E-state index contributed by atoms with van der Waals surface area (Å²) in [7, 11) is 0. The molecule has 2 rings (SSSR count). The molecule has 3 N–H and O–H groups in total. The standard InChI is InChI=1S/C18H19N3O3/c1-12-4-3-5-14(10-12)11-19-17(23)18(24)21-16-8-6-15(7-9-16)20-13(2)22/h3-10H,11H2,1-2H3,(H,19,23)(H,20,22)(H,21,24). The number of amides is 3. The predicted molar refractivity (Wildman–Crippen MR) is 92.4 cm³/mol. The molecule has 24 heavy (non-hydrogen) atoms. The van der Waals surface area contributed by atoms with E-state index in [1.165, 1.54) is 6.92 Å². The van der Waals surface area contributed by atoms with Crippen molar-refractivity contribution in [3.05, 3.63) is 59.7 Å². The third kappa shape index (κ3) is 5.24. The Morgan fingerprint density at radius 3 is 2.08 bits per heavy atom. The molecule has 6 nitrogen and oxygen atoms in total. The Labute approximate surface area is 140 Å². The second kappa shape index (κ2) is 7.92. The summed E-state index contributed by atoms with van der Waals surface area (Å²) in [6, 6.07) is 14.2. The summed E-state index contributed by atoms with van der Waals surface area (Å²) in [6.45, 7) is 3.66. The molecule has 0 aromatic heterocycles. The van der Waals surface area contributed by atoms with Crippen molar-refractivity contribution >= 4 is 29.1 Å². The second-order valence-electron chi connectivity index (χ2n) is 5.38. The van der Waals surface area contributed by atoms with Crippen LogP contribution in [0.1, 0.15) is 18.1 Å². The molecular formula is C18H19N3O3. The van der Waals surface area contributed by atoms with Gasteiger partial charge in [-0.05, 0) is 36.8 Å². The molecule has 124 valence electrons. The molecule has 0 radical (unpaired) electrons. The second-order valence-corrected chi connectivity index (χ2v) is 5.38. The van der Waals surface area contributed by atoms with E-state index in [4.69, 9.17) is 0 Å². The van der Waals surface area contributed by atoms with E-state index in [-0.39, 0.29) is 12.5 Å². The van der Waals surface area contributed by atoms with Crippen LogP contribution in [0.15, 0.2) is 48.5 Å². The number of carbonyl (C=O) groups excluding carboxylic acids is 3. The van der Waals surface area contributed by atoms with Gasteiger partial charge in [-0.3, -0.25) is 14.4 Å². The van der Waals surface area contributed by atoms with Crippen LogP contribution < -0.4 is 16.0 Å². The summed E-state index contributed by atoms with van der Waals surface area (Å²) in [5.41, 5.74) is 3.10. The fourth-order valence-electron chi connectivity index (χ4n) is 2.11. The van der Waals surface area contributed by atoms with Crippen LogP contribution >= 0.6 is 0 Å². The lowest BCUT2D eigenvalue weighted by molar-refractivity contribution is -0.136. The molecule has 0 spiro atoms. The molecule has 0 saturated carbocycles. The van der Waals surface area contributed by atoms with Gasteiger partial charge < -0.3 is 16.0 Å². The van der Waals surface area contributed by atoms with Gasteiger partial charge in [0.05, 0.1) is 0 Å². The molecule has 0 atom stereocenters. The van der Waals surface area contributed by atoms with E-state index in [0.29, 0.717) is 11.4 Å². The maximum absolute atomic E-state index is 11.9. The van der Waals surface area contributed by atoms with Crippen LogP contribution in [-0.4, -0.2) is 17.7 Å². The molecule has 2 aromatic carbocycles. The van der Waals surface area contributed by atoms with E-state index in [0.717, 1.165) is 11.1 Å². The van der Waals surface area contributed by atoms with Gasteiger partial charge in [-0.15, -0.1) is 0 Å². The third-order valence-electron chi connectivity index (χ3n) is 3.20. The average molecular weight is 325 g/mol. The first-order valence-electron chi connectivity index (χ1n) is 7.46. The van der Waals surface area contributed by atoms with Gasteiger partial charge in [0, 0.05) is 24.8 Å². The van der Waals surface area contributed by atoms with Gasteiger partial charge in [-0.2, -0.15) is 0 Å². The van der Waals surface area contributed by atoms with E-state index in [2.05, 4.69) is 16.0 Å². The lowest BCUT2D eigenvalue weighted by Crippen LogP contribution is -2.34. The minimum atomic E-state index is -0.741. The van der Waals surface area contributed by atoms with E-state index >= 15 is 0 Å². The molecule has 0 aliphatic heterocycles. The number of rotatable bonds is 4. The normalized spacial score (nSPS) is 9.92. The zero-order chi connectivity index (χ0) is 17.5. The highest BCUT2D eigenvalue weighted by Crippen LogP contribution is 2.13. The van der Waals surface area contributed by atoms with E-state index in [1.54, 1.807) is 24.3 Å². The number of hydrogen-bond donors (Lipinski definition) is 3. The highest BCUT2D eigenvalue weighted by Gasteiger charge is 2.13. The van der Waals surface area contributed by atoms with Crippen molar-refractivity contribution in [3.8, 4) is 0 Å². The Morgan fingerprint density at radius 2 is 1.50 bits per heavy atom. The maximum Gasteiger partial charge on any atom is 0.313 e. The third-order valence-corrected chi connectivity index (χ3v) is 3.20. The minimum Gasteiger partial charge on any atom is -0.344 e. The molecule has 0 saturated heterocycles. The largest absolute Gasteiger partial charge is 0.344 e. The molecule has 0 bridgehead atoms. The van der Waals surface area contributed by atoms with E-state index in [9.17, 15) is 14.4 Å². The Balaban J connectivity index is 1.87. The molecule has 6 heteroatoms. The van der Waals surface area contributed by atoms with Crippen molar-refractivity contribution in [1.29, 1.82) is 0 Å². The van der Waals surface area contributed by atoms with Crippen LogP contribution in [0.3, 0.4) is 0 Å².